The minimum absolute atomic E-state index is 0.0302. The molecule has 0 spiro atoms. The van der Waals surface area contributed by atoms with Crippen molar-refractivity contribution in [3.05, 3.63) is 53.1 Å². The summed E-state index contributed by atoms with van der Waals surface area (Å²) in [4.78, 5) is 23.8. The number of fused-ring (bicyclic) bond motifs is 1. The molecule has 1 aliphatic heterocycles. The number of hydrogen-bond acceptors (Lipinski definition) is 4. The van der Waals surface area contributed by atoms with Gasteiger partial charge in [-0.05, 0) is 43.2 Å². The van der Waals surface area contributed by atoms with Crippen LogP contribution >= 0.6 is 0 Å². The van der Waals surface area contributed by atoms with Crippen LogP contribution in [0.4, 0.5) is 5.69 Å². The van der Waals surface area contributed by atoms with Crippen molar-refractivity contribution in [3.8, 4) is 11.5 Å². The van der Waals surface area contributed by atoms with Crippen LogP contribution < -0.4 is 14.8 Å². The van der Waals surface area contributed by atoms with Crippen LogP contribution in [0.1, 0.15) is 28.4 Å². The van der Waals surface area contributed by atoms with Gasteiger partial charge >= 0.3 is 0 Å². The molecule has 0 bridgehead atoms. The van der Waals surface area contributed by atoms with Crippen LogP contribution in [0.3, 0.4) is 0 Å². The fraction of sp³-hybridized carbons (Fsp3) is 0.263. The van der Waals surface area contributed by atoms with Gasteiger partial charge in [0.15, 0.2) is 17.3 Å². The largest absolute Gasteiger partial charge is 0.486 e. The lowest BCUT2D eigenvalue weighted by Crippen LogP contribution is -2.17. The number of nitrogens with one attached hydrogen (secondary N) is 1. The second-order valence-electron chi connectivity index (χ2n) is 5.79. The number of amides is 1. The SMILES string of the molecule is CC(=O)c1ccc(C)c(NC(=O)Cc2ccc3c(c2)OCCO3)c1. The summed E-state index contributed by atoms with van der Waals surface area (Å²) in [6.07, 6.45) is 0.223. The first-order valence-corrected chi connectivity index (χ1v) is 7.83. The highest BCUT2D eigenvalue weighted by atomic mass is 16.6. The number of Topliss-reactive ketones (excluding diaryl/α,β-unsaturated/α-hetero) is 1. The van der Waals surface area contributed by atoms with Crippen LogP contribution in [0, 0.1) is 6.92 Å². The van der Waals surface area contributed by atoms with Gasteiger partial charge in [-0.3, -0.25) is 9.59 Å². The zero-order valence-electron chi connectivity index (χ0n) is 13.7. The third-order valence-corrected chi connectivity index (χ3v) is 3.89. The first-order chi connectivity index (χ1) is 11.5. The second-order valence-corrected chi connectivity index (χ2v) is 5.79. The molecule has 0 aromatic heterocycles. The smallest absolute Gasteiger partial charge is 0.228 e. The van der Waals surface area contributed by atoms with E-state index in [1.54, 1.807) is 12.1 Å². The van der Waals surface area contributed by atoms with Gasteiger partial charge in [-0.2, -0.15) is 0 Å². The summed E-state index contributed by atoms with van der Waals surface area (Å²) in [5, 5.41) is 2.87. The molecule has 2 aromatic rings. The van der Waals surface area contributed by atoms with E-state index < -0.39 is 0 Å². The molecule has 24 heavy (non-hydrogen) atoms. The molecular weight excluding hydrogens is 306 g/mol. The van der Waals surface area contributed by atoms with Gasteiger partial charge in [0.2, 0.25) is 5.91 Å². The maximum Gasteiger partial charge on any atom is 0.228 e. The number of benzene rings is 2. The normalized spacial score (nSPS) is 12.6. The fourth-order valence-corrected chi connectivity index (χ4v) is 2.55. The molecule has 0 atom stereocenters. The van der Waals surface area contributed by atoms with E-state index in [1.807, 2.05) is 31.2 Å². The molecule has 0 fully saturated rings. The third-order valence-electron chi connectivity index (χ3n) is 3.89. The molecule has 124 valence electrons. The second kappa shape index (κ2) is 6.74. The van der Waals surface area contributed by atoms with Crippen molar-refractivity contribution < 1.29 is 19.1 Å². The monoisotopic (exact) mass is 325 g/mol. The Morgan fingerprint density at radius 1 is 1.04 bits per heavy atom. The zero-order chi connectivity index (χ0) is 17.1. The van der Waals surface area contributed by atoms with Crippen molar-refractivity contribution >= 4 is 17.4 Å². The standard InChI is InChI=1S/C19H19NO4/c1-12-3-5-15(13(2)21)11-16(12)20-19(22)10-14-4-6-17-18(9-14)24-8-7-23-17/h3-6,9,11H,7-8,10H2,1-2H3,(H,20,22). The molecule has 0 saturated heterocycles. The van der Waals surface area contributed by atoms with Crippen LogP contribution in [-0.2, 0) is 11.2 Å². The number of hydrogen-bond donors (Lipinski definition) is 1. The summed E-state index contributed by atoms with van der Waals surface area (Å²) in [5.41, 5.74) is 2.99. The van der Waals surface area contributed by atoms with Gasteiger partial charge in [-0.1, -0.05) is 18.2 Å². The molecule has 1 aliphatic rings. The number of aryl methyl sites for hydroxylation is 1. The maximum absolute atomic E-state index is 12.3. The number of anilines is 1. The summed E-state index contributed by atoms with van der Waals surface area (Å²) in [7, 11) is 0. The summed E-state index contributed by atoms with van der Waals surface area (Å²) < 4.78 is 11.0. The summed E-state index contributed by atoms with van der Waals surface area (Å²) >= 11 is 0. The third kappa shape index (κ3) is 3.56. The van der Waals surface area contributed by atoms with E-state index in [9.17, 15) is 9.59 Å². The van der Waals surface area contributed by atoms with Gasteiger partial charge in [-0.25, -0.2) is 0 Å². The van der Waals surface area contributed by atoms with Crippen molar-refractivity contribution in [3.63, 3.8) is 0 Å². The van der Waals surface area contributed by atoms with Gasteiger partial charge in [-0.15, -0.1) is 0 Å². The average molecular weight is 325 g/mol. The van der Waals surface area contributed by atoms with E-state index in [1.165, 1.54) is 6.92 Å². The minimum atomic E-state index is -0.143. The van der Waals surface area contributed by atoms with E-state index in [0.717, 1.165) is 11.1 Å². The molecule has 0 unspecified atom stereocenters. The summed E-state index contributed by atoms with van der Waals surface area (Å²) in [5.74, 6) is 1.20. The van der Waals surface area contributed by atoms with Crippen molar-refractivity contribution in [2.45, 2.75) is 20.3 Å². The van der Waals surface area contributed by atoms with Crippen LogP contribution in [0.2, 0.25) is 0 Å². The van der Waals surface area contributed by atoms with Crippen molar-refractivity contribution in [2.75, 3.05) is 18.5 Å². The average Bonchev–Trinajstić information content (AvgIpc) is 2.56. The van der Waals surface area contributed by atoms with E-state index in [4.69, 9.17) is 9.47 Å². The highest BCUT2D eigenvalue weighted by molar-refractivity contribution is 5.98. The molecule has 1 N–H and O–H groups in total. The minimum Gasteiger partial charge on any atom is -0.486 e. The molecule has 5 heteroatoms. The van der Waals surface area contributed by atoms with Gasteiger partial charge in [0.25, 0.3) is 0 Å². The summed E-state index contributed by atoms with van der Waals surface area (Å²) in [6.45, 7) is 4.45. The number of ketones is 1. The lowest BCUT2D eigenvalue weighted by molar-refractivity contribution is -0.115. The van der Waals surface area contributed by atoms with Crippen molar-refractivity contribution in [1.29, 1.82) is 0 Å². The highest BCUT2D eigenvalue weighted by Crippen LogP contribution is 2.31. The van der Waals surface area contributed by atoms with Gasteiger partial charge in [0.05, 0.1) is 6.42 Å². The first-order valence-electron chi connectivity index (χ1n) is 7.83. The van der Waals surface area contributed by atoms with Crippen molar-refractivity contribution in [2.24, 2.45) is 0 Å². The molecule has 0 aliphatic carbocycles. The number of rotatable bonds is 4. The summed E-state index contributed by atoms with van der Waals surface area (Å²) in [6, 6.07) is 10.8. The molecule has 3 rings (SSSR count). The Morgan fingerprint density at radius 3 is 2.54 bits per heavy atom. The Morgan fingerprint density at radius 2 is 1.79 bits per heavy atom. The van der Waals surface area contributed by atoms with Gasteiger partial charge in [0, 0.05) is 11.3 Å². The predicted octanol–water partition coefficient (Wildman–Crippen LogP) is 3.15. The molecule has 0 radical (unpaired) electrons. The molecule has 1 amide bonds. The van der Waals surface area contributed by atoms with Crippen LogP contribution in [-0.4, -0.2) is 24.9 Å². The lowest BCUT2D eigenvalue weighted by Gasteiger charge is -2.18. The molecule has 2 aromatic carbocycles. The van der Waals surface area contributed by atoms with E-state index in [-0.39, 0.29) is 18.1 Å². The van der Waals surface area contributed by atoms with Crippen LogP contribution in [0.15, 0.2) is 36.4 Å². The first kappa shape index (κ1) is 16.1. The Kier molecular flexibility index (Phi) is 4.51. The van der Waals surface area contributed by atoms with Crippen molar-refractivity contribution in [1.82, 2.24) is 0 Å². The predicted molar refractivity (Wildman–Crippen MR) is 90.9 cm³/mol. The Labute approximate surface area is 140 Å². The number of ether oxygens (including phenoxy) is 2. The maximum atomic E-state index is 12.3. The van der Waals surface area contributed by atoms with E-state index in [0.29, 0.717) is 36.0 Å². The fourth-order valence-electron chi connectivity index (χ4n) is 2.55. The van der Waals surface area contributed by atoms with E-state index in [2.05, 4.69) is 5.32 Å². The number of carbonyl (C=O) groups is 2. The quantitative estimate of drug-likeness (QED) is 0.877. The molecule has 0 saturated carbocycles. The van der Waals surface area contributed by atoms with E-state index >= 15 is 0 Å². The van der Waals surface area contributed by atoms with Gasteiger partial charge < -0.3 is 14.8 Å². The molecular formula is C19H19NO4. The zero-order valence-corrected chi connectivity index (χ0v) is 13.7. The lowest BCUT2D eigenvalue weighted by atomic mass is 10.1. The molecule has 1 heterocycles. The highest BCUT2D eigenvalue weighted by Gasteiger charge is 2.14. The van der Waals surface area contributed by atoms with Crippen LogP contribution in [0.5, 0.6) is 11.5 Å². The van der Waals surface area contributed by atoms with Crippen LogP contribution in [0.25, 0.3) is 0 Å². The Hall–Kier alpha value is -2.82. The topological polar surface area (TPSA) is 64.6 Å². The number of carbonyl (C=O) groups excluding carboxylic acids is 2. The Balaban J connectivity index is 1.72. The Bertz CT molecular complexity index is 798. The molecule has 5 nitrogen and oxygen atoms in total. The van der Waals surface area contributed by atoms with Gasteiger partial charge in [0.1, 0.15) is 13.2 Å².